The maximum Gasteiger partial charge on any atom is 0.253 e. The third-order valence-corrected chi connectivity index (χ3v) is 5.42. The van der Waals surface area contributed by atoms with Crippen LogP contribution >= 0.6 is 0 Å². The number of piperidine rings is 1. The number of rotatable bonds is 8. The van der Waals surface area contributed by atoms with E-state index in [-0.39, 0.29) is 11.8 Å². The number of carbonyl (C=O) groups is 2. The van der Waals surface area contributed by atoms with Crippen molar-refractivity contribution >= 4 is 11.8 Å². The third kappa shape index (κ3) is 5.75. The van der Waals surface area contributed by atoms with Crippen molar-refractivity contribution in [2.75, 3.05) is 27.3 Å². The minimum Gasteiger partial charge on any atom is -0.493 e. The van der Waals surface area contributed by atoms with Crippen molar-refractivity contribution in [1.29, 1.82) is 0 Å². The summed E-state index contributed by atoms with van der Waals surface area (Å²) < 4.78 is 10.5. The van der Waals surface area contributed by atoms with Gasteiger partial charge < -0.3 is 19.7 Å². The zero-order valence-electron chi connectivity index (χ0n) is 17.8. The lowest BCUT2D eigenvalue weighted by Crippen LogP contribution is -2.35. The van der Waals surface area contributed by atoms with E-state index in [4.69, 9.17) is 9.47 Å². The molecule has 30 heavy (non-hydrogen) atoms. The average molecular weight is 411 g/mol. The fourth-order valence-electron chi connectivity index (χ4n) is 3.63. The predicted molar refractivity (Wildman–Crippen MR) is 116 cm³/mol. The summed E-state index contributed by atoms with van der Waals surface area (Å²) >= 11 is 0. The second-order valence-corrected chi connectivity index (χ2v) is 7.52. The second-order valence-electron chi connectivity index (χ2n) is 7.52. The molecular weight excluding hydrogens is 380 g/mol. The molecule has 1 saturated heterocycles. The number of hydrogen-bond donors (Lipinski definition) is 1. The minimum absolute atomic E-state index is 0.0155. The number of carbonyl (C=O) groups excluding carboxylic acids is 2. The number of aryl methyl sites for hydroxylation is 1. The van der Waals surface area contributed by atoms with E-state index in [1.54, 1.807) is 14.2 Å². The molecule has 0 aromatic heterocycles. The molecule has 1 N–H and O–H groups in total. The van der Waals surface area contributed by atoms with Crippen molar-refractivity contribution in [3.8, 4) is 11.5 Å². The van der Waals surface area contributed by atoms with Gasteiger partial charge in [0.15, 0.2) is 11.5 Å². The zero-order chi connectivity index (χ0) is 21.3. The van der Waals surface area contributed by atoms with Crippen LogP contribution in [0.5, 0.6) is 11.5 Å². The largest absolute Gasteiger partial charge is 0.493 e. The molecule has 2 aromatic rings. The Bertz CT molecular complexity index is 858. The van der Waals surface area contributed by atoms with Crippen molar-refractivity contribution in [2.45, 2.75) is 38.6 Å². The lowest BCUT2D eigenvalue weighted by Gasteiger charge is -2.26. The summed E-state index contributed by atoms with van der Waals surface area (Å²) in [5.74, 6) is 1.42. The summed E-state index contributed by atoms with van der Waals surface area (Å²) in [5.41, 5.74) is 2.70. The summed E-state index contributed by atoms with van der Waals surface area (Å²) in [6.45, 7) is 2.14. The molecule has 6 nitrogen and oxygen atoms in total. The van der Waals surface area contributed by atoms with E-state index in [0.717, 1.165) is 37.1 Å². The molecule has 0 aliphatic carbocycles. The number of methoxy groups -OCH3 is 2. The number of benzene rings is 2. The lowest BCUT2D eigenvalue weighted by molar-refractivity contribution is -0.121. The smallest absolute Gasteiger partial charge is 0.253 e. The first kappa shape index (κ1) is 21.7. The van der Waals surface area contributed by atoms with E-state index in [1.165, 1.54) is 6.42 Å². The highest BCUT2D eigenvalue weighted by molar-refractivity contribution is 5.94. The van der Waals surface area contributed by atoms with Gasteiger partial charge in [-0.3, -0.25) is 9.59 Å². The SMILES string of the molecule is COc1ccc(CCC(=O)NCc2ccc(C(=O)N3CCCCC3)cc2)cc1OC. The van der Waals surface area contributed by atoms with E-state index in [2.05, 4.69) is 5.32 Å². The monoisotopic (exact) mass is 410 g/mol. The van der Waals surface area contributed by atoms with Crippen LogP contribution in [0.3, 0.4) is 0 Å². The van der Waals surface area contributed by atoms with Crippen molar-refractivity contribution in [3.05, 3.63) is 59.2 Å². The van der Waals surface area contributed by atoms with Crippen molar-refractivity contribution < 1.29 is 19.1 Å². The molecule has 2 aromatic carbocycles. The van der Waals surface area contributed by atoms with Gasteiger partial charge in [0.1, 0.15) is 0 Å². The topological polar surface area (TPSA) is 67.9 Å². The number of nitrogens with zero attached hydrogens (tertiary/aromatic N) is 1. The van der Waals surface area contributed by atoms with Gasteiger partial charge in [-0.2, -0.15) is 0 Å². The van der Waals surface area contributed by atoms with E-state index in [1.807, 2.05) is 47.4 Å². The van der Waals surface area contributed by atoms with Gasteiger partial charge in [0.25, 0.3) is 5.91 Å². The summed E-state index contributed by atoms with van der Waals surface area (Å²) in [6, 6.07) is 13.2. The molecule has 0 radical (unpaired) electrons. The summed E-state index contributed by atoms with van der Waals surface area (Å²) in [4.78, 5) is 26.7. The van der Waals surface area contributed by atoms with E-state index < -0.39 is 0 Å². The normalized spacial score (nSPS) is 13.6. The number of nitrogens with one attached hydrogen (secondary N) is 1. The van der Waals surface area contributed by atoms with Crippen LogP contribution in [-0.2, 0) is 17.8 Å². The quantitative estimate of drug-likeness (QED) is 0.722. The Morgan fingerprint density at radius 2 is 1.57 bits per heavy atom. The van der Waals surface area contributed by atoms with Gasteiger partial charge in [0.2, 0.25) is 5.91 Å². The Morgan fingerprint density at radius 3 is 2.23 bits per heavy atom. The minimum atomic E-state index is -0.0155. The molecule has 0 saturated carbocycles. The van der Waals surface area contributed by atoms with Crippen LogP contribution in [0, 0.1) is 0 Å². The Labute approximate surface area is 178 Å². The van der Waals surface area contributed by atoms with Crippen LogP contribution in [0.2, 0.25) is 0 Å². The van der Waals surface area contributed by atoms with E-state index >= 15 is 0 Å². The maximum absolute atomic E-state index is 12.5. The second kappa shape index (κ2) is 10.7. The van der Waals surface area contributed by atoms with Crippen molar-refractivity contribution in [1.82, 2.24) is 10.2 Å². The van der Waals surface area contributed by atoms with Gasteiger partial charge in [-0.25, -0.2) is 0 Å². The molecule has 0 unspecified atom stereocenters. The number of ether oxygens (including phenoxy) is 2. The molecule has 1 fully saturated rings. The first-order valence-corrected chi connectivity index (χ1v) is 10.5. The van der Waals surface area contributed by atoms with Crippen LogP contribution < -0.4 is 14.8 Å². The Kier molecular flexibility index (Phi) is 7.71. The molecule has 6 heteroatoms. The van der Waals surface area contributed by atoms with Crippen LogP contribution in [0.15, 0.2) is 42.5 Å². The highest BCUT2D eigenvalue weighted by atomic mass is 16.5. The first-order valence-electron chi connectivity index (χ1n) is 10.5. The van der Waals surface area contributed by atoms with E-state index in [0.29, 0.717) is 36.4 Å². The van der Waals surface area contributed by atoms with Crippen LogP contribution in [-0.4, -0.2) is 44.0 Å². The molecular formula is C24H30N2O4. The molecule has 160 valence electrons. The number of likely N-dealkylation sites (tertiary alicyclic amines) is 1. The Balaban J connectivity index is 1.46. The highest BCUT2D eigenvalue weighted by Gasteiger charge is 2.17. The predicted octanol–water partition coefficient (Wildman–Crippen LogP) is 3.58. The molecule has 1 aliphatic rings. The van der Waals surface area contributed by atoms with E-state index in [9.17, 15) is 9.59 Å². The molecule has 1 heterocycles. The van der Waals surface area contributed by atoms with Crippen molar-refractivity contribution in [3.63, 3.8) is 0 Å². The van der Waals surface area contributed by atoms with Gasteiger partial charge >= 0.3 is 0 Å². The van der Waals surface area contributed by atoms with Gasteiger partial charge in [-0.05, 0) is 61.1 Å². The molecule has 2 amide bonds. The summed E-state index contributed by atoms with van der Waals surface area (Å²) in [5, 5.41) is 2.94. The fourth-order valence-corrected chi connectivity index (χ4v) is 3.63. The van der Waals surface area contributed by atoms with Gasteiger partial charge in [0.05, 0.1) is 14.2 Å². The summed E-state index contributed by atoms with van der Waals surface area (Å²) in [6.07, 6.45) is 4.38. The van der Waals surface area contributed by atoms with Crippen molar-refractivity contribution in [2.24, 2.45) is 0 Å². The molecule has 0 atom stereocenters. The fraction of sp³-hybridized carbons (Fsp3) is 0.417. The standard InChI is InChI=1S/C24H30N2O4/c1-29-21-12-8-18(16-22(21)30-2)9-13-23(27)25-17-19-6-10-20(11-7-19)24(28)26-14-4-3-5-15-26/h6-8,10-12,16H,3-5,9,13-15,17H2,1-2H3,(H,25,27). The highest BCUT2D eigenvalue weighted by Crippen LogP contribution is 2.27. The van der Waals surface area contributed by atoms with Gasteiger partial charge in [0, 0.05) is 31.6 Å². The molecule has 0 bridgehead atoms. The van der Waals surface area contributed by atoms with Gasteiger partial charge in [-0.15, -0.1) is 0 Å². The average Bonchev–Trinajstić information content (AvgIpc) is 2.81. The maximum atomic E-state index is 12.5. The first-order chi connectivity index (χ1) is 14.6. The van der Waals surface area contributed by atoms with Crippen LogP contribution in [0.4, 0.5) is 0 Å². The summed E-state index contributed by atoms with van der Waals surface area (Å²) in [7, 11) is 3.20. The Hall–Kier alpha value is -3.02. The molecule has 0 spiro atoms. The Morgan fingerprint density at radius 1 is 0.900 bits per heavy atom. The third-order valence-electron chi connectivity index (χ3n) is 5.42. The molecule has 1 aliphatic heterocycles. The lowest BCUT2D eigenvalue weighted by atomic mass is 10.1. The zero-order valence-corrected chi connectivity index (χ0v) is 17.8. The van der Waals surface area contributed by atoms with Crippen LogP contribution in [0.1, 0.15) is 47.2 Å². The number of hydrogen-bond acceptors (Lipinski definition) is 4. The van der Waals surface area contributed by atoms with Gasteiger partial charge in [-0.1, -0.05) is 18.2 Å². The number of amides is 2. The molecule has 3 rings (SSSR count). The van der Waals surface area contributed by atoms with Crippen LogP contribution in [0.25, 0.3) is 0 Å².